The second kappa shape index (κ2) is 3.97. The van der Waals surface area contributed by atoms with Crippen molar-refractivity contribution in [3.05, 3.63) is 29.6 Å². The molecule has 1 aliphatic rings. The Kier molecular flexibility index (Phi) is 2.63. The van der Waals surface area contributed by atoms with Gasteiger partial charge >= 0.3 is 0 Å². The fraction of sp³-hybridized carbons (Fsp3) is 0.182. The number of carbonyl (C=O) groups excluding carboxylic acids is 3. The van der Waals surface area contributed by atoms with Gasteiger partial charge in [-0.3, -0.25) is 19.3 Å². The average molecular weight is 236 g/mol. The first-order valence-corrected chi connectivity index (χ1v) is 4.91. The van der Waals surface area contributed by atoms with Crippen LogP contribution in [0.25, 0.3) is 0 Å². The molecular formula is C11H9FN2O3. The Morgan fingerprint density at radius 3 is 2.76 bits per heavy atom. The maximum absolute atomic E-state index is 13.6. The molecule has 0 atom stereocenters. The van der Waals surface area contributed by atoms with Crippen LogP contribution in [-0.4, -0.2) is 31.2 Å². The van der Waals surface area contributed by atoms with E-state index in [1.807, 2.05) is 0 Å². The lowest BCUT2D eigenvalue weighted by molar-refractivity contribution is -0.121. The number of halogens is 1. The number of Topliss-reactive ketones (excluding diaryl/α,β-unsaturated/α-hetero) is 1. The minimum Gasteiger partial charge on any atom is -0.358 e. The second-order valence-electron chi connectivity index (χ2n) is 3.53. The fourth-order valence-electron chi connectivity index (χ4n) is 1.69. The predicted octanol–water partition coefficient (Wildman–Crippen LogP) is 0.101. The summed E-state index contributed by atoms with van der Waals surface area (Å²) in [5.74, 6) is -2.83. The van der Waals surface area contributed by atoms with E-state index in [0.717, 1.165) is 11.0 Å². The van der Waals surface area contributed by atoms with Crippen molar-refractivity contribution in [1.82, 2.24) is 5.32 Å². The van der Waals surface area contributed by atoms with Crippen molar-refractivity contribution in [3.8, 4) is 0 Å². The molecule has 1 aliphatic heterocycles. The van der Waals surface area contributed by atoms with Crippen molar-refractivity contribution in [2.45, 2.75) is 0 Å². The highest BCUT2D eigenvalue weighted by atomic mass is 19.1. The number of benzene rings is 1. The van der Waals surface area contributed by atoms with Crippen molar-refractivity contribution in [2.75, 3.05) is 18.5 Å². The van der Waals surface area contributed by atoms with E-state index < -0.39 is 23.4 Å². The van der Waals surface area contributed by atoms with Gasteiger partial charge in [0.1, 0.15) is 12.4 Å². The lowest BCUT2D eigenvalue weighted by Gasteiger charge is -2.15. The van der Waals surface area contributed by atoms with Crippen LogP contribution in [0.1, 0.15) is 10.4 Å². The molecule has 6 heteroatoms. The van der Waals surface area contributed by atoms with Crippen molar-refractivity contribution in [3.63, 3.8) is 0 Å². The molecule has 1 heterocycles. The Balaban J connectivity index is 2.47. The van der Waals surface area contributed by atoms with E-state index >= 15 is 0 Å². The smallest absolute Gasteiger partial charge is 0.300 e. The van der Waals surface area contributed by atoms with Crippen LogP contribution in [-0.2, 0) is 9.59 Å². The number of likely N-dealkylation sites (N-methyl/N-ethyl adjacent to an activating group) is 1. The predicted molar refractivity (Wildman–Crippen MR) is 57.2 cm³/mol. The molecule has 17 heavy (non-hydrogen) atoms. The zero-order chi connectivity index (χ0) is 12.6. The number of rotatable bonds is 2. The molecule has 5 nitrogen and oxygen atoms in total. The zero-order valence-corrected chi connectivity index (χ0v) is 8.99. The van der Waals surface area contributed by atoms with Crippen molar-refractivity contribution in [1.29, 1.82) is 0 Å². The minimum absolute atomic E-state index is 0.00102. The summed E-state index contributed by atoms with van der Waals surface area (Å²) in [5, 5.41) is 2.31. The molecule has 0 saturated heterocycles. The molecule has 0 aliphatic carbocycles. The van der Waals surface area contributed by atoms with E-state index in [-0.39, 0.29) is 17.8 Å². The number of amides is 2. The summed E-state index contributed by atoms with van der Waals surface area (Å²) in [6.07, 6.45) is 0. The molecule has 0 unspecified atom stereocenters. The molecule has 0 saturated carbocycles. The Bertz CT molecular complexity index is 527. The van der Waals surface area contributed by atoms with Crippen LogP contribution in [0.2, 0.25) is 0 Å². The number of nitrogens with one attached hydrogen (secondary N) is 1. The number of fused-ring (bicyclic) bond motifs is 1. The highest BCUT2D eigenvalue weighted by Crippen LogP contribution is 2.31. The maximum atomic E-state index is 13.6. The molecule has 0 fully saturated rings. The molecule has 88 valence electrons. The van der Waals surface area contributed by atoms with E-state index in [1.54, 1.807) is 0 Å². The first-order chi connectivity index (χ1) is 8.06. The Morgan fingerprint density at radius 2 is 2.12 bits per heavy atom. The molecule has 0 spiro atoms. The van der Waals surface area contributed by atoms with Crippen LogP contribution in [0.4, 0.5) is 10.1 Å². The van der Waals surface area contributed by atoms with Crippen LogP contribution in [0.5, 0.6) is 0 Å². The normalized spacial score (nSPS) is 13.9. The molecule has 1 aromatic rings. The molecule has 1 aromatic carbocycles. The molecule has 2 amide bonds. The minimum atomic E-state index is -0.881. The van der Waals surface area contributed by atoms with Crippen LogP contribution < -0.4 is 10.2 Å². The third-order valence-corrected chi connectivity index (χ3v) is 2.52. The van der Waals surface area contributed by atoms with Gasteiger partial charge in [0.25, 0.3) is 11.7 Å². The average Bonchev–Trinajstić information content (AvgIpc) is 2.56. The van der Waals surface area contributed by atoms with Crippen LogP contribution in [0, 0.1) is 5.82 Å². The fourth-order valence-corrected chi connectivity index (χ4v) is 1.69. The van der Waals surface area contributed by atoms with Gasteiger partial charge in [-0.05, 0) is 12.1 Å². The van der Waals surface area contributed by atoms with Gasteiger partial charge in [-0.2, -0.15) is 0 Å². The largest absolute Gasteiger partial charge is 0.358 e. The Labute approximate surface area is 96.2 Å². The van der Waals surface area contributed by atoms with Gasteiger partial charge in [0.2, 0.25) is 5.91 Å². The molecule has 0 aromatic heterocycles. The molecule has 1 N–H and O–H groups in total. The number of hydrogen-bond donors (Lipinski definition) is 1. The van der Waals surface area contributed by atoms with Crippen molar-refractivity contribution in [2.24, 2.45) is 0 Å². The van der Waals surface area contributed by atoms with Gasteiger partial charge in [-0.1, -0.05) is 6.07 Å². The summed E-state index contributed by atoms with van der Waals surface area (Å²) in [6, 6.07) is 3.85. The van der Waals surface area contributed by atoms with Gasteiger partial charge in [0, 0.05) is 7.05 Å². The summed E-state index contributed by atoms with van der Waals surface area (Å²) < 4.78 is 13.6. The molecule has 0 bridgehead atoms. The first-order valence-electron chi connectivity index (χ1n) is 4.91. The van der Waals surface area contributed by atoms with Gasteiger partial charge < -0.3 is 5.32 Å². The van der Waals surface area contributed by atoms with Gasteiger partial charge in [-0.15, -0.1) is 0 Å². The molecular weight excluding hydrogens is 227 g/mol. The van der Waals surface area contributed by atoms with Crippen LogP contribution >= 0.6 is 0 Å². The molecule has 2 rings (SSSR count). The summed E-state index contributed by atoms with van der Waals surface area (Å²) in [6.45, 7) is -0.366. The lowest BCUT2D eigenvalue weighted by Crippen LogP contribution is -2.39. The highest BCUT2D eigenvalue weighted by molar-refractivity contribution is 6.52. The summed E-state index contributed by atoms with van der Waals surface area (Å²) >= 11 is 0. The second-order valence-corrected chi connectivity index (χ2v) is 3.53. The lowest BCUT2D eigenvalue weighted by atomic mass is 10.1. The standard InChI is InChI=1S/C11H9FN2O3/c1-13-8(15)5-14-9-6(10(16)11(14)17)3-2-4-7(9)12/h2-4H,5H2,1H3,(H,13,15). The summed E-state index contributed by atoms with van der Waals surface area (Å²) in [7, 11) is 1.40. The van der Waals surface area contributed by atoms with Crippen LogP contribution in [0.3, 0.4) is 0 Å². The number of ketones is 1. The van der Waals surface area contributed by atoms with Gasteiger partial charge in [0.15, 0.2) is 0 Å². The number of carbonyl (C=O) groups is 3. The maximum Gasteiger partial charge on any atom is 0.300 e. The summed E-state index contributed by atoms with van der Waals surface area (Å²) in [4.78, 5) is 35.2. The Hall–Kier alpha value is -2.24. The molecule has 0 radical (unpaired) electrons. The van der Waals surface area contributed by atoms with Crippen LogP contribution in [0.15, 0.2) is 18.2 Å². The first kappa shape index (κ1) is 11.3. The number of nitrogens with zero attached hydrogens (tertiary/aromatic N) is 1. The quantitative estimate of drug-likeness (QED) is 0.740. The third-order valence-electron chi connectivity index (χ3n) is 2.52. The highest BCUT2D eigenvalue weighted by Gasteiger charge is 2.38. The SMILES string of the molecule is CNC(=O)CN1C(=O)C(=O)c2cccc(F)c21. The van der Waals surface area contributed by atoms with Crippen molar-refractivity contribution >= 4 is 23.3 Å². The van der Waals surface area contributed by atoms with Gasteiger partial charge in [-0.25, -0.2) is 4.39 Å². The van der Waals surface area contributed by atoms with E-state index in [2.05, 4.69) is 5.32 Å². The third kappa shape index (κ3) is 1.67. The zero-order valence-electron chi connectivity index (χ0n) is 8.99. The monoisotopic (exact) mass is 236 g/mol. The summed E-state index contributed by atoms with van der Waals surface area (Å²) in [5.41, 5.74) is -0.120. The van der Waals surface area contributed by atoms with E-state index in [9.17, 15) is 18.8 Å². The Morgan fingerprint density at radius 1 is 1.41 bits per heavy atom. The number of anilines is 1. The number of para-hydroxylation sites is 1. The van der Waals surface area contributed by atoms with E-state index in [1.165, 1.54) is 19.2 Å². The van der Waals surface area contributed by atoms with E-state index in [4.69, 9.17) is 0 Å². The number of hydrogen-bond acceptors (Lipinski definition) is 3. The van der Waals surface area contributed by atoms with E-state index in [0.29, 0.717) is 0 Å². The van der Waals surface area contributed by atoms with Gasteiger partial charge in [0.05, 0.1) is 11.3 Å². The van der Waals surface area contributed by atoms with Crippen molar-refractivity contribution < 1.29 is 18.8 Å². The topological polar surface area (TPSA) is 66.5 Å².